The Balaban J connectivity index is 0.00000208. The van der Waals surface area contributed by atoms with Gasteiger partial charge in [0.1, 0.15) is 0 Å². The molecule has 5 heteroatoms. The highest BCUT2D eigenvalue weighted by molar-refractivity contribution is 6.07. The molecule has 0 fully saturated rings. The average Bonchev–Trinajstić information content (AvgIpc) is 2.60. The number of nitrogens with two attached hydrogens (primary N) is 1. The monoisotopic (exact) mass is 344 g/mol. The highest BCUT2D eigenvalue weighted by atomic mass is 35.5. The zero-order valence-corrected chi connectivity index (χ0v) is 14.4. The number of hydrogen-bond donors (Lipinski definition) is 1. The fourth-order valence-electron chi connectivity index (χ4n) is 3.02. The molecule has 1 amide bonds. The van der Waals surface area contributed by atoms with E-state index >= 15 is 0 Å². The lowest BCUT2D eigenvalue weighted by Crippen LogP contribution is -2.35. The second-order valence-electron chi connectivity index (χ2n) is 5.76. The smallest absolute Gasteiger partial charge is 0.258 e. The third-order valence-corrected chi connectivity index (χ3v) is 4.31. The molecule has 3 rings (SSSR count). The van der Waals surface area contributed by atoms with Crippen LogP contribution >= 0.6 is 12.4 Å². The largest absolute Gasteiger partial charge is 0.398 e. The maximum Gasteiger partial charge on any atom is 0.258 e. The number of carbonyl (C=O) groups is 2. The molecule has 0 spiro atoms. The fourth-order valence-corrected chi connectivity index (χ4v) is 3.02. The van der Waals surface area contributed by atoms with Crippen molar-refractivity contribution in [1.82, 2.24) is 0 Å². The summed E-state index contributed by atoms with van der Waals surface area (Å²) < 4.78 is 0. The van der Waals surface area contributed by atoms with E-state index in [-0.39, 0.29) is 24.1 Å². The Morgan fingerprint density at radius 1 is 1.08 bits per heavy atom. The molecule has 0 aliphatic carbocycles. The van der Waals surface area contributed by atoms with Gasteiger partial charge in [-0.3, -0.25) is 9.59 Å². The summed E-state index contributed by atoms with van der Waals surface area (Å²) in [4.78, 5) is 26.3. The molecular weight excluding hydrogens is 324 g/mol. The second kappa shape index (κ2) is 7.49. The van der Waals surface area contributed by atoms with Crippen LogP contribution in [0, 0.1) is 0 Å². The number of amides is 1. The van der Waals surface area contributed by atoms with E-state index < -0.39 is 0 Å². The second-order valence-corrected chi connectivity index (χ2v) is 5.76. The van der Waals surface area contributed by atoms with Gasteiger partial charge in [-0.25, -0.2) is 0 Å². The first-order valence-corrected chi connectivity index (χ1v) is 7.94. The number of hydrogen-bond acceptors (Lipinski definition) is 3. The number of rotatable bonds is 3. The van der Waals surface area contributed by atoms with E-state index in [0.29, 0.717) is 24.1 Å². The van der Waals surface area contributed by atoms with Crippen LogP contribution in [-0.4, -0.2) is 18.2 Å². The van der Waals surface area contributed by atoms with E-state index in [2.05, 4.69) is 0 Å². The van der Waals surface area contributed by atoms with Crippen LogP contribution < -0.4 is 10.6 Å². The molecule has 0 saturated heterocycles. The van der Waals surface area contributed by atoms with Crippen molar-refractivity contribution in [3.63, 3.8) is 0 Å². The Morgan fingerprint density at radius 2 is 1.75 bits per heavy atom. The van der Waals surface area contributed by atoms with Crippen LogP contribution in [0.5, 0.6) is 0 Å². The molecule has 2 aromatic carbocycles. The van der Waals surface area contributed by atoms with Crippen molar-refractivity contribution >= 4 is 35.5 Å². The zero-order chi connectivity index (χ0) is 16.4. The molecule has 0 bridgehead atoms. The van der Waals surface area contributed by atoms with Gasteiger partial charge in [0.25, 0.3) is 5.91 Å². The van der Waals surface area contributed by atoms with Crippen LogP contribution in [0.2, 0.25) is 0 Å². The van der Waals surface area contributed by atoms with Crippen LogP contribution in [0.1, 0.15) is 46.0 Å². The first-order valence-electron chi connectivity index (χ1n) is 7.94. The van der Waals surface area contributed by atoms with Crippen LogP contribution in [0.4, 0.5) is 11.4 Å². The van der Waals surface area contributed by atoms with Gasteiger partial charge in [0, 0.05) is 35.5 Å². The minimum Gasteiger partial charge on any atom is -0.398 e. The minimum atomic E-state index is -0.0490. The van der Waals surface area contributed by atoms with Crippen molar-refractivity contribution in [3.05, 3.63) is 59.2 Å². The third kappa shape index (κ3) is 3.29. The van der Waals surface area contributed by atoms with Gasteiger partial charge in [0.2, 0.25) is 0 Å². The van der Waals surface area contributed by atoms with Gasteiger partial charge in [0.15, 0.2) is 5.78 Å². The van der Waals surface area contributed by atoms with Crippen molar-refractivity contribution < 1.29 is 9.59 Å². The summed E-state index contributed by atoms with van der Waals surface area (Å²) >= 11 is 0. The molecular formula is C19H21ClN2O2. The lowest BCUT2D eigenvalue weighted by atomic mass is 9.98. The number of Topliss-reactive ketones (excluding diaryl/α,β-unsaturated/α-hetero) is 1. The van der Waals surface area contributed by atoms with Gasteiger partial charge in [0.05, 0.1) is 0 Å². The Hall–Kier alpha value is -2.33. The SMILES string of the molecule is CCC(=O)c1ccc(C(=O)N2CCCc3c(N)cccc32)cc1.Cl. The zero-order valence-electron chi connectivity index (χ0n) is 13.6. The van der Waals surface area contributed by atoms with Crippen LogP contribution in [0.25, 0.3) is 0 Å². The molecule has 24 heavy (non-hydrogen) atoms. The number of carbonyl (C=O) groups excluding carboxylic acids is 2. The summed E-state index contributed by atoms with van der Waals surface area (Å²) in [7, 11) is 0. The predicted molar refractivity (Wildman–Crippen MR) is 99.2 cm³/mol. The van der Waals surface area contributed by atoms with Crippen molar-refractivity contribution in [2.75, 3.05) is 17.2 Å². The van der Waals surface area contributed by atoms with Crippen LogP contribution in [0.15, 0.2) is 42.5 Å². The highest BCUT2D eigenvalue weighted by Crippen LogP contribution is 2.32. The standard InChI is InChI=1S/C19H20N2O2.ClH/c1-2-18(22)13-8-10-14(11-9-13)19(23)21-12-4-5-15-16(20)6-3-7-17(15)21;/h3,6-11H,2,4-5,12,20H2,1H3;1H. The van der Waals surface area contributed by atoms with Crippen LogP contribution in [-0.2, 0) is 6.42 Å². The van der Waals surface area contributed by atoms with Gasteiger partial charge in [-0.15, -0.1) is 12.4 Å². The van der Waals surface area contributed by atoms with Gasteiger partial charge < -0.3 is 10.6 Å². The van der Waals surface area contributed by atoms with E-state index in [1.54, 1.807) is 29.2 Å². The maximum atomic E-state index is 12.8. The minimum absolute atomic E-state index is 0. The molecule has 1 aliphatic heterocycles. The summed E-state index contributed by atoms with van der Waals surface area (Å²) in [5, 5.41) is 0. The topological polar surface area (TPSA) is 63.4 Å². The average molecular weight is 345 g/mol. The molecule has 1 aliphatic rings. The van der Waals surface area contributed by atoms with Crippen molar-refractivity contribution in [2.45, 2.75) is 26.2 Å². The van der Waals surface area contributed by atoms with E-state index in [9.17, 15) is 9.59 Å². The maximum absolute atomic E-state index is 12.8. The lowest BCUT2D eigenvalue weighted by molar-refractivity contribution is 0.0975. The number of nitrogen functional groups attached to an aromatic ring is 1. The van der Waals surface area contributed by atoms with Crippen molar-refractivity contribution in [2.24, 2.45) is 0 Å². The fraction of sp³-hybridized carbons (Fsp3) is 0.263. The van der Waals surface area contributed by atoms with Gasteiger partial charge in [-0.05, 0) is 42.7 Å². The number of halogens is 1. The Morgan fingerprint density at radius 3 is 2.42 bits per heavy atom. The molecule has 0 unspecified atom stereocenters. The van der Waals surface area contributed by atoms with Crippen LogP contribution in [0.3, 0.4) is 0 Å². The Kier molecular flexibility index (Phi) is 5.62. The van der Waals surface area contributed by atoms with E-state index in [4.69, 9.17) is 5.73 Å². The van der Waals surface area contributed by atoms with E-state index in [1.165, 1.54) is 0 Å². The normalized spacial score (nSPS) is 13.0. The van der Waals surface area contributed by atoms with Gasteiger partial charge in [-0.1, -0.05) is 25.1 Å². The molecule has 126 valence electrons. The summed E-state index contributed by atoms with van der Waals surface area (Å²) in [6.45, 7) is 2.52. The number of nitrogens with zero attached hydrogens (tertiary/aromatic N) is 1. The molecule has 0 saturated carbocycles. The molecule has 0 radical (unpaired) electrons. The lowest BCUT2D eigenvalue weighted by Gasteiger charge is -2.30. The third-order valence-electron chi connectivity index (χ3n) is 4.31. The summed E-state index contributed by atoms with van der Waals surface area (Å²) in [6.07, 6.45) is 2.27. The molecule has 1 heterocycles. The van der Waals surface area contributed by atoms with Crippen molar-refractivity contribution in [1.29, 1.82) is 0 Å². The Bertz CT molecular complexity index is 756. The van der Waals surface area contributed by atoms with Gasteiger partial charge in [-0.2, -0.15) is 0 Å². The number of anilines is 2. The Labute approximate surface area is 148 Å². The molecule has 0 atom stereocenters. The molecule has 2 N–H and O–H groups in total. The summed E-state index contributed by atoms with van der Waals surface area (Å²) in [5.74, 6) is 0.0344. The predicted octanol–water partition coefficient (Wildman–Crippen LogP) is 3.88. The molecule has 0 aromatic heterocycles. The number of benzene rings is 2. The number of fused-ring (bicyclic) bond motifs is 1. The van der Waals surface area contributed by atoms with E-state index in [0.717, 1.165) is 29.8 Å². The first-order chi connectivity index (χ1) is 11.1. The number of ketones is 1. The molecule has 2 aromatic rings. The van der Waals surface area contributed by atoms with E-state index in [1.807, 2.05) is 25.1 Å². The first kappa shape index (κ1) is 18.0. The molecule has 4 nitrogen and oxygen atoms in total. The quantitative estimate of drug-likeness (QED) is 0.679. The van der Waals surface area contributed by atoms with Gasteiger partial charge >= 0.3 is 0 Å². The van der Waals surface area contributed by atoms with Crippen molar-refractivity contribution in [3.8, 4) is 0 Å². The summed E-state index contributed by atoms with van der Waals surface area (Å²) in [5.41, 5.74) is 9.96. The summed E-state index contributed by atoms with van der Waals surface area (Å²) in [6, 6.07) is 12.6. The highest BCUT2D eigenvalue weighted by Gasteiger charge is 2.24.